The molecular formula is C24H28N2O3S. The van der Waals surface area contributed by atoms with E-state index >= 15 is 0 Å². The molecule has 2 heterocycles. The fourth-order valence-corrected chi connectivity index (χ4v) is 5.29. The van der Waals surface area contributed by atoms with Gasteiger partial charge in [-0.2, -0.15) is 0 Å². The highest BCUT2D eigenvalue weighted by molar-refractivity contribution is 7.99. The van der Waals surface area contributed by atoms with Crippen molar-refractivity contribution in [3.8, 4) is 0 Å². The van der Waals surface area contributed by atoms with Crippen LogP contribution in [0.15, 0.2) is 45.7 Å². The van der Waals surface area contributed by atoms with Gasteiger partial charge in [0, 0.05) is 42.0 Å². The number of anilines is 1. The number of carbonyl (C=O) groups excluding carboxylic acids is 2. The SMILES string of the molecule is CC1CC1c1ccc(CN(C(=O)CCC(=O)N2CCSc3ccccc32)C2CC2)o1. The molecule has 2 atom stereocenters. The van der Waals surface area contributed by atoms with Gasteiger partial charge in [-0.1, -0.05) is 19.1 Å². The van der Waals surface area contributed by atoms with Gasteiger partial charge >= 0.3 is 0 Å². The van der Waals surface area contributed by atoms with Crippen LogP contribution in [-0.2, 0) is 16.1 Å². The number of furan rings is 1. The maximum atomic E-state index is 13.0. The van der Waals surface area contributed by atoms with Gasteiger partial charge in [0.15, 0.2) is 0 Å². The molecule has 2 aliphatic carbocycles. The molecule has 0 saturated heterocycles. The third-order valence-corrected chi connectivity index (χ3v) is 7.42. The van der Waals surface area contributed by atoms with Crippen LogP contribution in [0.4, 0.5) is 5.69 Å². The number of carbonyl (C=O) groups is 2. The summed E-state index contributed by atoms with van der Waals surface area (Å²) in [6, 6.07) is 12.4. The summed E-state index contributed by atoms with van der Waals surface area (Å²) in [4.78, 5) is 30.8. The van der Waals surface area contributed by atoms with Crippen molar-refractivity contribution >= 4 is 29.3 Å². The van der Waals surface area contributed by atoms with Crippen molar-refractivity contribution in [2.75, 3.05) is 17.2 Å². The Balaban J connectivity index is 1.20. The summed E-state index contributed by atoms with van der Waals surface area (Å²) < 4.78 is 6.03. The molecule has 6 heteroatoms. The first-order valence-corrected chi connectivity index (χ1v) is 12.0. The van der Waals surface area contributed by atoms with Crippen LogP contribution in [-0.4, -0.2) is 35.1 Å². The fraction of sp³-hybridized carbons (Fsp3) is 0.500. The Kier molecular flexibility index (Phi) is 5.35. The molecule has 0 bridgehead atoms. The zero-order chi connectivity index (χ0) is 20.7. The number of thioether (sulfide) groups is 1. The zero-order valence-electron chi connectivity index (χ0n) is 17.4. The van der Waals surface area contributed by atoms with E-state index in [0.29, 0.717) is 31.0 Å². The fourth-order valence-electron chi connectivity index (χ4n) is 4.29. The lowest BCUT2D eigenvalue weighted by Crippen LogP contribution is -2.37. The first-order chi connectivity index (χ1) is 14.6. The number of para-hydroxylation sites is 1. The number of hydrogen-bond donors (Lipinski definition) is 0. The van der Waals surface area contributed by atoms with Crippen LogP contribution >= 0.6 is 11.8 Å². The lowest BCUT2D eigenvalue weighted by molar-refractivity contribution is -0.134. The van der Waals surface area contributed by atoms with Gasteiger partial charge in [0.05, 0.1) is 12.2 Å². The predicted octanol–water partition coefficient (Wildman–Crippen LogP) is 4.81. The largest absolute Gasteiger partial charge is 0.464 e. The third-order valence-electron chi connectivity index (χ3n) is 6.37. The minimum Gasteiger partial charge on any atom is -0.464 e. The van der Waals surface area contributed by atoms with Gasteiger partial charge in [-0.05, 0) is 49.4 Å². The topological polar surface area (TPSA) is 53.8 Å². The molecule has 5 rings (SSSR count). The standard InChI is InChI=1S/C24H28N2O3S/c1-16-14-19(16)21-9-8-18(29-21)15-26(17-6-7-17)24(28)11-10-23(27)25-12-13-30-22-5-3-2-4-20(22)25/h2-5,8-9,16-17,19H,6-7,10-15H2,1H3. The molecule has 158 valence electrons. The van der Waals surface area contributed by atoms with Gasteiger partial charge in [-0.25, -0.2) is 0 Å². The summed E-state index contributed by atoms with van der Waals surface area (Å²) in [5.74, 6) is 4.15. The third kappa shape index (κ3) is 4.15. The molecule has 3 aliphatic rings. The van der Waals surface area contributed by atoms with Crippen molar-refractivity contribution in [1.29, 1.82) is 0 Å². The van der Waals surface area contributed by atoms with Crippen molar-refractivity contribution in [3.05, 3.63) is 47.9 Å². The second kappa shape index (κ2) is 8.14. The average Bonchev–Trinajstić information content (AvgIpc) is 3.69. The smallest absolute Gasteiger partial charge is 0.227 e. The van der Waals surface area contributed by atoms with Gasteiger partial charge in [0.2, 0.25) is 11.8 Å². The van der Waals surface area contributed by atoms with Crippen LogP contribution in [0.1, 0.15) is 56.5 Å². The Morgan fingerprint density at radius 2 is 1.97 bits per heavy atom. The normalized spacial score (nSPS) is 22.5. The summed E-state index contributed by atoms with van der Waals surface area (Å²) >= 11 is 1.78. The van der Waals surface area contributed by atoms with E-state index in [9.17, 15) is 9.59 Å². The Labute approximate surface area is 181 Å². The van der Waals surface area contributed by atoms with Gasteiger partial charge in [0.1, 0.15) is 11.5 Å². The van der Waals surface area contributed by atoms with E-state index in [1.165, 1.54) is 6.42 Å². The molecule has 1 aliphatic heterocycles. The molecule has 30 heavy (non-hydrogen) atoms. The number of nitrogens with zero attached hydrogens (tertiary/aromatic N) is 2. The van der Waals surface area contributed by atoms with Crippen molar-refractivity contribution < 1.29 is 14.0 Å². The number of benzene rings is 1. The van der Waals surface area contributed by atoms with Crippen LogP contribution in [0.3, 0.4) is 0 Å². The molecule has 0 radical (unpaired) electrons. The Hall–Kier alpha value is -2.21. The van der Waals surface area contributed by atoms with E-state index in [4.69, 9.17) is 4.42 Å². The molecule has 2 amide bonds. The second-order valence-corrected chi connectivity index (χ2v) is 9.87. The number of fused-ring (bicyclic) bond motifs is 1. The van der Waals surface area contributed by atoms with Gasteiger partial charge in [-0.3, -0.25) is 9.59 Å². The van der Waals surface area contributed by atoms with Crippen molar-refractivity contribution in [1.82, 2.24) is 4.90 Å². The molecule has 1 aromatic heterocycles. The number of amides is 2. The average molecular weight is 425 g/mol. The van der Waals surface area contributed by atoms with Crippen LogP contribution in [0, 0.1) is 5.92 Å². The van der Waals surface area contributed by atoms with Crippen molar-refractivity contribution in [2.45, 2.75) is 62.4 Å². The summed E-state index contributed by atoms with van der Waals surface area (Å²) in [6.07, 6.45) is 3.80. The summed E-state index contributed by atoms with van der Waals surface area (Å²) in [5.41, 5.74) is 0.975. The zero-order valence-corrected chi connectivity index (χ0v) is 18.2. The lowest BCUT2D eigenvalue weighted by atomic mass is 10.2. The molecule has 0 N–H and O–H groups in total. The highest BCUT2D eigenvalue weighted by Gasteiger charge is 2.37. The maximum Gasteiger partial charge on any atom is 0.227 e. The minimum absolute atomic E-state index is 0.0369. The van der Waals surface area contributed by atoms with E-state index in [1.54, 1.807) is 11.8 Å². The monoisotopic (exact) mass is 424 g/mol. The van der Waals surface area contributed by atoms with E-state index in [0.717, 1.165) is 40.7 Å². The highest BCUT2D eigenvalue weighted by Crippen LogP contribution is 2.47. The van der Waals surface area contributed by atoms with E-state index in [2.05, 4.69) is 19.1 Å². The number of hydrogen-bond acceptors (Lipinski definition) is 4. The Morgan fingerprint density at radius 3 is 2.73 bits per heavy atom. The van der Waals surface area contributed by atoms with Crippen LogP contribution in [0.25, 0.3) is 0 Å². The quantitative estimate of drug-likeness (QED) is 0.640. The predicted molar refractivity (Wildman–Crippen MR) is 118 cm³/mol. The highest BCUT2D eigenvalue weighted by atomic mass is 32.2. The van der Waals surface area contributed by atoms with E-state index in [1.807, 2.05) is 34.1 Å². The Bertz CT molecular complexity index is 951. The van der Waals surface area contributed by atoms with Gasteiger partial charge in [0.25, 0.3) is 0 Å². The van der Waals surface area contributed by atoms with Crippen molar-refractivity contribution in [3.63, 3.8) is 0 Å². The van der Waals surface area contributed by atoms with E-state index < -0.39 is 0 Å². The molecular weight excluding hydrogens is 396 g/mol. The van der Waals surface area contributed by atoms with Crippen molar-refractivity contribution in [2.24, 2.45) is 5.92 Å². The van der Waals surface area contributed by atoms with Crippen LogP contribution in [0.2, 0.25) is 0 Å². The molecule has 2 fully saturated rings. The molecule has 2 unspecified atom stereocenters. The second-order valence-electron chi connectivity index (χ2n) is 8.74. The van der Waals surface area contributed by atoms with E-state index in [-0.39, 0.29) is 24.7 Å². The first kappa shape index (κ1) is 19.7. The minimum atomic E-state index is 0.0369. The lowest BCUT2D eigenvalue weighted by Gasteiger charge is -2.29. The summed E-state index contributed by atoms with van der Waals surface area (Å²) in [5, 5.41) is 0. The van der Waals surface area contributed by atoms with Gasteiger partial charge < -0.3 is 14.2 Å². The Morgan fingerprint density at radius 1 is 1.17 bits per heavy atom. The molecule has 0 spiro atoms. The molecule has 5 nitrogen and oxygen atoms in total. The summed E-state index contributed by atoms with van der Waals surface area (Å²) in [6.45, 7) is 3.46. The molecule has 2 saturated carbocycles. The summed E-state index contributed by atoms with van der Waals surface area (Å²) in [7, 11) is 0. The molecule has 1 aromatic carbocycles. The van der Waals surface area contributed by atoms with Gasteiger partial charge in [-0.15, -0.1) is 11.8 Å². The molecule has 2 aromatic rings. The first-order valence-electron chi connectivity index (χ1n) is 11.0. The van der Waals surface area contributed by atoms with Crippen LogP contribution < -0.4 is 4.90 Å². The van der Waals surface area contributed by atoms with Crippen LogP contribution in [0.5, 0.6) is 0 Å². The maximum absolute atomic E-state index is 13.0. The number of rotatable bonds is 7.